The summed E-state index contributed by atoms with van der Waals surface area (Å²) in [6.45, 7) is 6.84. The van der Waals surface area contributed by atoms with Gasteiger partial charge in [-0.05, 0) is 61.3 Å². The smallest absolute Gasteiger partial charge is 0.0114 e. The van der Waals surface area contributed by atoms with Crippen molar-refractivity contribution >= 4 is 0 Å². The molecule has 1 aromatic carbocycles. The second-order valence-electron chi connectivity index (χ2n) is 6.41. The Morgan fingerprint density at radius 1 is 0.619 bits per heavy atom. The lowest BCUT2D eigenvalue weighted by molar-refractivity contribution is 0.699. The highest BCUT2D eigenvalue weighted by molar-refractivity contribution is 5.29. The van der Waals surface area contributed by atoms with Crippen molar-refractivity contribution in [2.45, 2.75) is 97.8 Å². The van der Waals surface area contributed by atoms with Crippen LogP contribution in [-0.4, -0.2) is 0 Å². The van der Waals surface area contributed by atoms with Gasteiger partial charge in [-0.3, -0.25) is 0 Å². The third-order valence-corrected chi connectivity index (χ3v) is 4.21. The van der Waals surface area contributed by atoms with E-state index in [1.807, 2.05) is 0 Å². The number of benzene rings is 1. The molecule has 0 aromatic heterocycles. The summed E-state index contributed by atoms with van der Waals surface area (Å²) >= 11 is 0. The van der Waals surface area contributed by atoms with E-state index >= 15 is 0 Å². The predicted molar refractivity (Wildman–Crippen MR) is 95.0 cm³/mol. The summed E-state index contributed by atoms with van der Waals surface area (Å²) in [5.41, 5.74) is 4.48. The molecular weight excluding hydrogens is 252 g/mol. The van der Waals surface area contributed by atoms with E-state index in [4.69, 9.17) is 0 Å². The minimum Gasteiger partial charge on any atom is -0.0654 e. The molecule has 0 spiro atoms. The number of hydrogen-bond donors (Lipinski definition) is 0. The van der Waals surface area contributed by atoms with Crippen molar-refractivity contribution in [1.82, 2.24) is 0 Å². The summed E-state index contributed by atoms with van der Waals surface area (Å²) in [5, 5.41) is 0. The quantitative estimate of drug-likeness (QED) is 0.376. The summed E-state index contributed by atoms with van der Waals surface area (Å²) in [7, 11) is 0. The number of rotatable bonds is 12. The fourth-order valence-electron chi connectivity index (χ4n) is 2.89. The average Bonchev–Trinajstić information content (AvgIpc) is 2.48. The average molecular weight is 288 g/mol. The lowest BCUT2D eigenvalue weighted by Gasteiger charge is -2.10. The zero-order valence-electron chi connectivity index (χ0n) is 14.6. The first kappa shape index (κ1) is 18.3. The first-order chi connectivity index (χ1) is 10.3. The van der Waals surface area contributed by atoms with E-state index in [0.717, 1.165) is 0 Å². The van der Waals surface area contributed by atoms with Gasteiger partial charge >= 0.3 is 0 Å². The molecule has 1 aromatic rings. The van der Waals surface area contributed by atoms with Crippen LogP contribution >= 0.6 is 0 Å². The molecule has 0 atom stereocenters. The van der Waals surface area contributed by atoms with Crippen LogP contribution in [-0.2, 0) is 19.3 Å². The zero-order chi connectivity index (χ0) is 15.3. The van der Waals surface area contributed by atoms with Gasteiger partial charge in [0.05, 0.1) is 0 Å². The first-order valence-electron chi connectivity index (χ1n) is 9.34. The Kier molecular flexibility index (Phi) is 10.3. The van der Waals surface area contributed by atoms with Crippen LogP contribution in [0.15, 0.2) is 12.1 Å². The van der Waals surface area contributed by atoms with E-state index in [2.05, 4.69) is 39.0 Å². The standard InChI is InChI=1S/C21H35/c1-4-7-10-13-19-16-20(14-11-8-5-2)18-21(17-19)15-12-9-6-3/h16-17H,4-15H2,1-3H3. The molecule has 0 fully saturated rings. The molecule has 119 valence electrons. The van der Waals surface area contributed by atoms with Crippen molar-refractivity contribution in [3.8, 4) is 0 Å². The van der Waals surface area contributed by atoms with Gasteiger partial charge in [0, 0.05) is 0 Å². The van der Waals surface area contributed by atoms with Crippen molar-refractivity contribution in [2.75, 3.05) is 0 Å². The van der Waals surface area contributed by atoms with Crippen molar-refractivity contribution in [3.63, 3.8) is 0 Å². The summed E-state index contributed by atoms with van der Waals surface area (Å²) in [5.74, 6) is 0. The molecule has 0 unspecified atom stereocenters. The molecular formula is C21H35. The molecule has 0 saturated carbocycles. The first-order valence-corrected chi connectivity index (χ1v) is 9.34. The monoisotopic (exact) mass is 287 g/mol. The Labute approximate surface area is 133 Å². The van der Waals surface area contributed by atoms with Gasteiger partial charge in [0.2, 0.25) is 0 Å². The second kappa shape index (κ2) is 11.8. The van der Waals surface area contributed by atoms with Crippen LogP contribution in [0.25, 0.3) is 0 Å². The van der Waals surface area contributed by atoms with Gasteiger partial charge in [-0.15, -0.1) is 0 Å². The zero-order valence-corrected chi connectivity index (χ0v) is 14.6. The van der Waals surface area contributed by atoms with Crippen LogP contribution in [0.4, 0.5) is 0 Å². The Morgan fingerprint density at radius 2 is 1.05 bits per heavy atom. The van der Waals surface area contributed by atoms with E-state index in [1.54, 1.807) is 5.56 Å². The number of aryl methyl sites for hydroxylation is 3. The number of hydrogen-bond acceptors (Lipinski definition) is 0. The van der Waals surface area contributed by atoms with Crippen molar-refractivity contribution in [1.29, 1.82) is 0 Å². The molecule has 1 rings (SSSR count). The van der Waals surface area contributed by atoms with E-state index in [9.17, 15) is 0 Å². The van der Waals surface area contributed by atoms with Crippen LogP contribution in [0.3, 0.4) is 0 Å². The van der Waals surface area contributed by atoms with Gasteiger partial charge in [0.25, 0.3) is 0 Å². The van der Waals surface area contributed by atoms with Crippen LogP contribution in [0.2, 0.25) is 0 Å². The van der Waals surface area contributed by atoms with E-state index < -0.39 is 0 Å². The molecule has 0 aliphatic carbocycles. The second-order valence-corrected chi connectivity index (χ2v) is 6.41. The van der Waals surface area contributed by atoms with Crippen molar-refractivity contribution in [2.24, 2.45) is 0 Å². The van der Waals surface area contributed by atoms with Gasteiger partial charge in [0.15, 0.2) is 0 Å². The van der Waals surface area contributed by atoms with Crippen LogP contribution in [0, 0.1) is 6.07 Å². The largest absolute Gasteiger partial charge is 0.0654 e. The van der Waals surface area contributed by atoms with E-state index in [1.165, 1.54) is 88.2 Å². The SMILES string of the molecule is CCCCCc1[c]c(CCCCC)cc(CCCCC)c1. The van der Waals surface area contributed by atoms with Crippen LogP contribution in [0.1, 0.15) is 95.2 Å². The summed E-state index contributed by atoms with van der Waals surface area (Å²) < 4.78 is 0. The molecule has 0 nitrogen and oxygen atoms in total. The highest BCUT2D eigenvalue weighted by Gasteiger charge is 2.03. The Balaban J connectivity index is 2.65. The highest BCUT2D eigenvalue weighted by Crippen LogP contribution is 2.17. The lowest BCUT2D eigenvalue weighted by atomic mass is 9.96. The maximum Gasteiger partial charge on any atom is -0.0114 e. The molecule has 0 heteroatoms. The summed E-state index contributed by atoms with van der Waals surface area (Å²) in [6, 6.07) is 8.54. The fraction of sp³-hybridized carbons (Fsp3) is 0.714. The minimum absolute atomic E-state index is 1.22. The van der Waals surface area contributed by atoms with Gasteiger partial charge < -0.3 is 0 Å². The topological polar surface area (TPSA) is 0 Å². The lowest BCUT2D eigenvalue weighted by Crippen LogP contribution is -1.96. The molecule has 0 saturated heterocycles. The van der Waals surface area contributed by atoms with Gasteiger partial charge in [-0.25, -0.2) is 0 Å². The maximum absolute atomic E-state index is 3.69. The number of unbranched alkanes of at least 4 members (excludes halogenated alkanes) is 6. The molecule has 0 bridgehead atoms. The summed E-state index contributed by atoms with van der Waals surface area (Å²) in [4.78, 5) is 0. The molecule has 21 heavy (non-hydrogen) atoms. The predicted octanol–water partition coefficient (Wildman–Crippen LogP) is 6.68. The third-order valence-electron chi connectivity index (χ3n) is 4.21. The molecule has 0 N–H and O–H groups in total. The molecule has 0 aliphatic rings. The normalized spacial score (nSPS) is 11.0. The fourth-order valence-corrected chi connectivity index (χ4v) is 2.89. The Morgan fingerprint density at radius 3 is 1.48 bits per heavy atom. The van der Waals surface area contributed by atoms with Crippen molar-refractivity contribution < 1.29 is 0 Å². The van der Waals surface area contributed by atoms with Gasteiger partial charge in [0.1, 0.15) is 0 Å². The highest BCUT2D eigenvalue weighted by atomic mass is 14.1. The van der Waals surface area contributed by atoms with Gasteiger partial charge in [-0.1, -0.05) is 71.4 Å². The van der Waals surface area contributed by atoms with Crippen LogP contribution < -0.4 is 0 Å². The minimum atomic E-state index is 1.22. The third kappa shape index (κ3) is 8.29. The summed E-state index contributed by atoms with van der Waals surface area (Å²) in [6.07, 6.45) is 15.6. The molecule has 1 radical (unpaired) electrons. The Bertz CT molecular complexity index is 295. The molecule has 0 amide bonds. The molecule has 0 heterocycles. The van der Waals surface area contributed by atoms with E-state index in [-0.39, 0.29) is 0 Å². The van der Waals surface area contributed by atoms with Crippen molar-refractivity contribution in [3.05, 3.63) is 34.9 Å². The Hall–Kier alpha value is -0.780. The van der Waals surface area contributed by atoms with E-state index in [0.29, 0.717) is 0 Å². The maximum atomic E-state index is 3.69. The molecule has 0 aliphatic heterocycles. The van der Waals surface area contributed by atoms with Gasteiger partial charge in [-0.2, -0.15) is 0 Å². The van der Waals surface area contributed by atoms with Crippen LogP contribution in [0.5, 0.6) is 0 Å².